The molecule has 0 saturated heterocycles. The predicted molar refractivity (Wildman–Crippen MR) is 133 cm³/mol. The molecular weight excluding hydrogens is 422 g/mol. The first-order valence-corrected chi connectivity index (χ1v) is 11.6. The van der Waals surface area contributed by atoms with E-state index < -0.39 is 0 Å². The second kappa shape index (κ2) is 13.2. The van der Waals surface area contributed by atoms with E-state index in [1.807, 2.05) is 53.9 Å². The smallest absolute Gasteiger partial charge is 0.211 e. The number of fused-ring (bicyclic) bond motifs is 1. The zero-order valence-corrected chi connectivity index (χ0v) is 20.4. The molecule has 0 aliphatic heterocycles. The first-order chi connectivity index (χ1) is 15.1. The zero-order valence-electron chi connectivity index (χ0n) is 19.5. The summed E-state index contributed by atoms with van der Waals surface area (Å²) in [6, 6.07) is 11.4. The minimum atomic E-state index is -0.0351. The largest absolute Gasteiger partial charge is 0.494 e. The van der Waals surface area contributed by atoms with Crippen molar-refractivity contribution >= 4 is 23.8 Å². The van der Waals surface area contributed by atoms with Crippen LogP contribution in [0.3, 0.4) is 0 Å². The summed E-state index contributed by atoms with van der Waals surface area (Å²) < 4.78 is 7.77. The third-order valence-corrected chi connectivity index (χ3v) is 5.62. The number of halogens is 1. The number of carbonyl (C=O) groups excluding carboxylic acids is 1. The fourth-order valence-electron chi connectivity index (χ4n) is 3.75. The van der Waals surface area contributed by atoms with E-state index in [1.165, 1.54) is 38.8 Å². The number of carbonyl (C=O) groups is 1. The van der Waals surface area contributed by atoms with E-state index in [4.69, 9.17) is 4.74 Å². The number of aryl methyl sites for hydroxylation is 1. The van der Waals surface area contributed by atoms with Crippen molar-refractivity contribution in [3.63, 3.8) is 0 Å². The van der Waals surface area contributed by atoms with Crippen LogP contribution in [-0.2, 0) is 0 Å². The maximum atomic E-state index is 12.9. The predicted octanol–water partition coefficient (Wildman–Crippen LogP) is 5.97. The normalized spacial score (nSPS) is 11.0. The van der Waals surface area contributed by atoms with Crippen LogP contribution >= 0.6 is 12.4 Å². The van der Waals surface area contributed by atoms with Gasteiger partial charge in [-0.25, -0.2) is 4.98 Å². The SMILES string of the molecule is CCCCN(CCCC)CCCOc1ccc(C(=O)c2cnc3c(C)cccn23)cc1.Cl. The van der Waals surface area contributed by atoms with E-state index >= 15 is 0 Å². The lowest BCUT2D eigenvalue weighted by atomic mass is 10.1. The lowest BCUT2D eigenvalue weighted by molar-refractivity contribution is 0.103. The molecule has 3 aromatic rings. The van der Waals surface area contributed by atoms with Gasteiger partial charge >= 0.3 is 0 Å². The molecule has 1 aromatic carbocycles. The number of rotatable bonds is 13. The summed E-state index contributed by atoms with van der Waals surface area (Å²) in [6.07, 6.45) is 9.52. The fourth-order valence-corrected chi connectivity index (χ4v) is 3.75. The molecular formula is C26H36ClN3O2. The summed E-state index contributed by atoms with van der Waals surface area (Å²) >= 11 is 0. The molecule has 2 aromatic heterocycles. The summed E-state index contributed by atoms with van der Waals surface area (Å²) in [6.45, 7) is 10.6. The molecule has 0 aliphatic rings. The Hall–Kier alpha value is -2.37. The van der Waals surface area contributed by atoms with E-state index in [0.29, 0.717) is 17.9 Å². The number of nitrogens with zero attached hydrogens (tertiary/aromatic N) is 3. The van der Waals surface area contributed by atoms with Gasteiger partial charge in [-0.1, -0.05) is 32.8 Å². The van der Waals surface area contributed by atoms with E-state index in [2.05, 4.69) is 23.7 Å². The molecule has 0 spiro atoms. The minimum absolute atomic E-state index is 0. The molecule has 0 radical (unpaired) electrons. The van der Waals surface area contributed by atoms with Crippen LogP contribution in [0.15, 0.2) is 48.8 Å². The number of hydrogen-bond donors (Lipinski definition) is 0. The van der Waals surface area contributed by atoms with Crippen LogP contribution in [-0.4, -0.2) is 46.3 Å². The molecule has 174 valence electrons. The zero-order chi connectivity index (χ0) is 22.1. The van der Waals surface area contributed by atoms with Crippen molar-refractivity contribution in [1.82, 2.24) is 14.3 Å². The number of pyridine rings is 1. The average Bonchev–Trinajstić information content (AvgIpc) is 3.23. The Bertz CT molecular complexity index is 961. The third-order valence-electron chi connectivity index (χ3n) is 5.62. The Morgan fingerprint density at radius 1 is 1.00 bits per heavy atom. The molecule has 2 heterocycles. The Labute approximate surface area is 198 Å². The molecule has 0 N–H and O–H groups in total. The summed E-state index contributed by atoms with van der Waals surface area (Å²) in [5.41, 5.74) is 3.08. The van der Waals surface area contributed by atoms with Gasteiger partial charge in [0.25, 0.3) is 0 Å². The Balaban J connectivity index is 0.00000363. The molecule has 0 fully saturated rings. The summed E-state index contributed by atoms with van der Waals surface area (Å²) in [7, 11) is 0. The van der Waals surface area contributed by atoms with Crippen LogP contribution in [0.2, 0.25) is 0 Å². The highest BCUT2D eigenvalue weighted by atomic mass is 35.5. The van der Waals surface area contributed by atoms with Crippen LogP contribution in [0, 0.1) is 6.92 Å². The van der Waals surface area contributed by atoms with Crippen LogP contribution in [0.4, 0.5) is 0 Å². The molecule has 0 bridgehead atoms. The van der Waals surface area contributed by atoms with Gasteiger partial charge in [-0.3, -0.25) is 9.20 Å². The summed E-state index contributed by atoms with van der Waals surface area (Å²) in [5, 5.41) is 0. The third kappa shape index (κ3) is 6.81. The van der Waals surface area contributed by atoms with Crippen molar-refractivity contribution in [3.05, 3.63) is 65.6 Å². The van der Waals surface area contributed by atoms with E-state index in [1.54, 1.807) is 6.20 Å². The van der Waals surface area contributed by atoms with Gasteiger partial charge in [0, 0.05) is 18.3 Å². The van der Waals surface area contributed by atoms with Gasteiger partial charge < -0.3 is 9.64 Å². The van der Waals surface area contributed by atoms with Gasteiger partial charge in [0.2, 0.25) is 5.78 Å². The van der Waals surface area contributed by atoms with Crippen molar-refractivity contribution in [3.8, 4) is 5.75 Å². The van der Waals surface area contributed by atoms with Gasteiger partial charge in [-0.05, 0) is 75.2 Å². The number of hydrogen-bond acceptors (Lipinski definition) is 4. The number of unbranched alkanes of at least 4 members (excludes halogenated alkanes) is 2. The van der Waals surface area contributed by atoms with Gasteiger partial charge in [0.1, 0.15) is 17.1 Å². The molecule has 0 unspecified atom stereocenters. The van der Waals surface area contributed by atoms with Crippen molar-refractivity contribution in [2.24, 2.45) is 0 Å². The molecule has 0 aliphatic carbocycles. The number of benzene rings is 1. The van der Waals surface area contributed by atoms with Gasteiger partial charge in [-0.2, -0.15) is 0 Å². The lowest BCUT2D eigenvalue weighted by Gasteiger charge is -2.21. The topological polar surface area (TPSA) is 46.8 Å². The molecule has 5 nitrogen and oxygen atoms in total. The van der Waals surface area contributed by atoms with Crippen molar-refractivity contribution in [1.29, 1.82) is 0 Å². The highest BCUT2D eigenvalue weighted by molar-refractivity contribution is 6.08. The van der Waals surface area contributed by atoms with Crippen LogP contribution in [0.25, 0.3) is 5.65 Å². The molecule has 0 amide bonds. The second-order valence-corrected chi connectivity index (χ2v) is 8.13. The molecule has 0 atom stereocenters. The van der Waals surface area contributed by atoms with Crippen LogP contribution in [0.1, 0.15) is 67.6 Å². The van der Waals surface area contributed by atoms with Crippen LogP contribution in [0.5, 0.6) is 5.75 Å². The van der Waals surface area contributed by atoms with Crippen molar-refractivity contribution in [2.75, 3.05) is 26.2 Å². The summed E-state index contributed by atoms with van der Waals surface area (Å²) in [4.78, 5) is 19.9. The van der Waals surface area contributed by atoms with E-state index in [-0.39, 0.29) is 18.2 Å². The number of ketones is 1. The standard InChI is InChI=1S/C26H35N3O2.ClH/c1-4-6-15-28(16-7-5-2)17-9-19-31-23-13-11-22(12-14-23)25(30)24-20-27-26-21(3)10-8-18-29(24)26;/h8,10-14,18,20H,4-7,9,15-17,19H2,1-3H3;1H. The monoisotopic (exact) mass is 457 g/mol. The van der Waals surface area contributed by atoms with E-state index in [9.17, 15) is 4.79 Å². The van der Waals surface area contributed by atoms with Crippen molar-refractivity contribution in [2.45, 2.75) is 52.9 Å². The lowest BCUT2D eigenvalue weighted by Crippen LogP contribution is -2.28. The minimum Gasteiger partial charge on any atom is -0.494 e. The van der Waals surface area contributed by atoms with Gasteiger partial charge in [0.05, 0.1) is 12.8 Å². The quantitative estimate of drug-likeness (QED) is 0.234. The fraction of sp³-hybridized carbons (Fsp3) is 0.462. The maximum Gasteiger partial charge on any atom is 0.211 e. The second-order valence-electron chi connectivity index (χ2n) is 8.13. The number of ether oxygens (including phenoxy) is 1. The van der Waals surface area contributed by atoms with E-state index in [0.717, 1.165) is 29.9 Å². The number of imidazole rings is 1. The first kappa shape index (κ1) is 25.9. The van der Waals surface area contributed by atoms with Gasteiger partial charge in [0.15, 0.2) is 0 Å². The highest BCUT2D eigenvalue weighted by Crippen LogP contribution is 2.18. The molecule has 32 heavy (non-hydrogen) atoms. The maximum absolute atomic E-state index is 12.9. The van der Waals surface area contributed by atoms with Crippen molar-refractivity contribution < 1.29 is 9.53 Å². The Morgan fingerprint density at radius 2 is 1.66 bits per heavy atom. The van der Waals surface area contributed by atoms with Gasteiger partial charge in [-0.15, -0.1) is 12.4 Å². The highest BCUT2D eigenvalue weighted by Gasteiger charge is 2.15. The molecule has 6 heteroatoms. The Kier molecular flexibility index (Phi) is 10.7. The summed E-state index contributed by atoms with van der Waals surface area (Å²) in [5.74, 6) is 0.770. The first-order valence-electron chi connectivity index (χ1n) is 11.6. The average molecular weight is 458 g/mol. The number of aromatic nitrogens is 2. The molecule has 3 rings (SSSR count). The van der Waals surface area contributed by atoms with Crippen LogP contribution < -0.4 is 4.74 Å². The molecule has 0 saturated carbocycles. The Morgan fingerprint density at radius 3 is 2.31 bits per heavy atom.